The molecule has 1 atom stereocenters. The summed E-state index contributed by atoms with van der Waals surface area (Å²) in [5.74, 6) is -0.609. The van der Waals surface area contributed by atoms with Crippen LogP contribution in [0.1, 0.15) is 42.9 Å². The van der Waals surface area contributed by atoms with Crippen molar-refractivity contribution in [3.8, 4) is 0 Å². The van der Waals surface area contributed by atoms with E-state index in [4.69, 9.17) is 0 Å². The van der Waals surface area contributed by atoms with E-state index in [-0.39, 0.29) is 0 Å². The van der Waals surface area contributed by atoms with Crippen molar-refractivity contribution in [2.75, 3.05) is 13.1 Å². The minimum absolute atomic E-state index is 0.414. The highest BCUT2D eigenvalue weighted by molar-refractivity contribution is 5.78. The lowest BCUT2D eigenvalue weighted by Crippen LogP contribution is -2.34. The molecule has 1 heterocycles. The Hall–Kier alpha value is -1.35. The molecule has 1 unspecified atom stereocenters. The zero-order valence-corrected chi connectivity index (χ0v) is 11.4. The third kappa shape index (κ3) is 2.39. The van der Waals surface area contributed by atoms with Crippen molar-refractivity contribution in [3.63, 3.8) is 0 Å². The molecule has 1 saturated carbocycles. The highest BCUT2D eigenvalue weighted by Crippen LogP contribution is 2.48. The molecule has 2 aliphatic rings. The first-order valence-corrected chi connectivity index (χ1v) is 7.15. The molecular formula is C16H21NO2. The van der Waals surface area contributed by atoms with Crippen LogP contribution in [0.3, 0.4) is 0 Å². The van der Waals surface area contributed by atoms with Gasteiger partial charge in [0.15, 0.2) is 0 Å². The average molecular weight is 259 g/mol. The Labute approximate surface area is 114 Å². The summed E-state index contributed by atoms with van der Waals surface area (Å²) in [6.45, 7) is 3.87. The molecule has 3 heteroatoms. The Morgan fingerprint density at radius 2 is 2.26 bits per heavy atom. The number of aliphatic carboxylic acids is 1. The number of carboxylic acid groups (broad SMARTS) is 1. The summed E-state index contributed by atoms with van der Waals surface area (Å²) in [6.07, 6.45) is 4.02. The van der Waals surface area contributed by atoms with E-state index in [0.717, 1.165) is 32.4 Å². The zero-order chi connectivity index (χ0) is 13.5. The van der Waals surface area contributed by atoms with Crippen LogP contribution in [0.5, 0.6) is 0 Å². The van der Waals surface area contributed by atoms with Crippen LogP contribution in [-0.2, 0) is 4.79 Å². The first-order chi connectivity index (χ1) is 9.11. The molecule has 0 amide bonds. The number of aryl methyl sites for hydroxylation is 1. The zero-order valence-electron chi connectivity index (χ0n) is 11.4. The molecule has 1 aromatic rings. The van der Waals surface area contributed by atoms with E-state index < -0.39 is 11.4 Å². The van der Waals surface area contributed by atoms with Crippen molar-refractivity contribution in [2.24, 2.45) is 5.41 Å². The van der Waals surface area contributed by atoms with Gasteiger partial charge in [0.2, 0.25) is 0 Å². The SMILES string of the molecule is Cc1cccc(C2CCCN2CC2(C(=O)O)CC2)c1. The lowest BCUT2D eigenvalue weighted by molar-refractivity contribution is -0.144. The van der Waals surface area contributed by atoms with Crippen molar-refractivity contribution >= 4 is 5.97 Å². The molecule has 19 heavy (non-hydrogen) atoms. The second-order valence-corrected chi connectivity index (χ2v) is 6.13. The topological polar surface area (TPSA) is 40.5 Å². The van der Waals surface area contributed by atoms with Gasteiger partial charge in [-0.05, 0) is 44.7 Å². The quantitative estimate of drug-likeness (QED) is 0.903. The van der Waals surface area contributed by atoms with Crippen LogP contribution in [-0.4, -0.2) is 29.1 Å². The van der Waals surface area contributed by atoms with Crippen molar-refractivity contribution in [1.29, 1.82) is 0 Å². The Morgan fingerprint density at radius 1 is 1.47 bits per heavy atom. The largest absolute Gasteiger partial charge is 0.481 e. The average Bonchev–Trinajstić information content (AvgIpc) is 3.01. The number of benzene rings is 1. The van der Waals surface area contributed by atoms with E-state index in [1.165, 1.54) is 17.5 Å². The molecule has 1 N–H and O–H groups in total. The molecular weight excluding hydrogens is 238 g/mol. The molecule has 102 valence electrons. The van der Waals surface area contributed by atoms with E-state index in [1.54, 1.807) is 0 Å². The Bertz CT molecular complexity index is 493. The molecule has 3 nitrogen and oxygen atoms in total. The summed E-state index contributed by atoms with van der Waals surface area (Å²) in [6, 6.07) is 9.05. The van der Waals surface area contributed by atoms with Gasteiger partial charge in [-0.25, -0.2) is 0 Å². The van der Waals surface area contributed by atoms with Gasteiger partial charge in [-0.1, -0.05) is 29.8 Å². The smallest absolute Gasteiger partial charge is 0.310 e. The lowest BCUT2D eigenvalue weighted by Gasteiger charge is -2.27. The van der Waals surface area contributed by atoms with E-state index in [0.29, 0.717) is 6.04 Å². The molecule has 1 saturated heterocycles. The van der Waals surface area contributed by atoms with E-state index >= 15 is 0 Å². The summed E-state index contributed by atoms with van der Waals surface area (Å²) in [5.41, 5.74) is 2.19. The predicted octanol–water partition coefficient (Wildman–Crippen LogP) is 3.00. The van der Waals surface area contributed by atoms with Crippen LogP contribution >= 0.6 is 0 Å². The number of carbonyl (C=O) groups is 1. The number of carboxylic acids is 1. The number of rotatable bonds is 4. The van der Waals surface area contributed by atoms with Gasteiger partial charge in [0.1, 0.15) is 0 Å². The molecule has 3 rings (SSSR count). The van der Waals surface area contributed by atoms with Crippen LogP contribution < -0.4 is 0 Å². The van der Waals surface area contributed by atoms with Crippen LogP contribution in [0.2, 0.25) is 0 Å². The second-order valence-electron chi connectivity index (χ2n) is 6.13. The molecule has 2 fully saturated rings. The maximum absolute atomic E-state index is 11.3. The third-order valence-corrected chi connectivity index (χ3v) is 4.60. The first-order valence-electron chi connectivity index (χ1n) is 7.15. The Kier molecular flexibility index (Phi) is 3.09. The Balaban J connectivity index is 1.77. The van der Waals surface area contributed by atoms with Gasteiger partial charge in [-0.3, -0.25) is 9.69 Å². The fourth-order valence-corrected chi connectivity index (χ4v) is 3.25. The summed E-state index contributed by atoms with van der Waals surface area (Å²) in [4.78, 5) is 13.7. The van der Waals surface area contributed by atoms with Gasteiger partial charge < -0.3 is 5.11 Å². The fourth-order valence-electron chi connectivity index (χ4n) is 3.25. The van der Waals surface area contributed by atoms with Gasteiger partial charge in [0, 0.05) is 12.6 Å². The fraction of sp³-hybridized carbons (Fsp3) is 0.562. The summed E-state index contributed by atoms with van der Waals surface area (Å²) < 4.78 is 0. The molecule has 0 aromatic heterocycles. The summed E-state index contributed by atoms with van der Waals surface area (Å²) in [5, 5.41) is 9.34. The monoisotopic (exact) mass is 259 g/mol. The van der Waals surface area contributed by atoms with Gasteiger partial charge in [0.05, 0.1) is 5.41 Å². The molecule has 1 aromatic carbocycles. The number of likely N-dealkylation sites (tertiary alicyclic amines) is 1. The molecule has 1 aliphatic carbocycles. The number of nitrogens with zero attached hydrogens (tertiary/aromatic N) is 1. The summed E-state index contributed by atoms with van der Waals surface area (Å²) >= 11 is 0. The van der Waals surface area contributed by atoms with Gasteiger partial charge in [-0.2, -0.15) is 0 Å². The van der Waals surface area contributed by atoms with Gasteiger partial charge in [-0.15, -0.1) is 0 Å². The first kappa shape index (κ1) is 12.7. The van der Waals surface area contributed by atoms with Crippen molar-refractivity contribution in [2.45, 2.75) is 38.6 Å². The Morgan fingerprint density at radius 3 is 2.89 bits per heavy atom. The highest BCUT2D eigenvalue weighted by atomic mass is 16.4. The third-order valence-electron chi connectivity index (χ3n) is 4.60. The highest BCUT2D eigenvalue weighted by Gasteiger charge is 2.52. The van der Waals surface area contributed by atoms with Crippen molar-refractivity contribution < 1.29 is 9.90 Å². The number of hydrogen-bond donors (Lipinski definition) is 1. The van der Waals surface area contributed by atoms with Crippen LogP contribution in [0.15, 0.2) is 24.3 Å². The van der Waals surface area contributed by atoms with Crippen LogP contribution in [0, 0.1) is 12.3 Å². The molecule has 0 spiro atoms. The minimum Gasteiger partial charge on any atom is -0.481 e. The van der Waals surface area contributed by atoms with Gasteiger partial charge in [0.25, 0.3) is 0 Å². The normalized spacial score (nSPS) is 25.4. The lowest BCUT2D eigenvalue weighted by atomic mass is 10.0. The molecule has 0 bridgehead atoms. The van der Waals surface area contributed by atoms with Crippen LogP contribution in [0.4, 0.5) is 0 Å². The molecule has 1 aliphatic heterocycles. The maximum atomic E-state index is 11.3. The molecule has 0 radical (unpaired) electrons. The van der Waals surface area contributed by atoms with E-state index in [2.05, 4.69) is 36.1 Å². The van der Waals surface area contributed by atoms with Gasteiger partial charge >= 0.3 is 5.97 Å². The van der Waals surface area contributed by atoms with E-state index in [9.17, 15) is 9.90 Å². The number of hydrogen-bond acceptors (Lipinski definition) is 2. The predicted molar refractivity (Wildman–Crippen MR) is 74.0 cm³/mol. The minimum atomic E-state index is -0.609. The van der Waals surface area contributed by atoms with E-state index in [1.807, 2.05) is 0 Å². The van der Waals surface area contributed by atoms with Crippen molar-refractivity contribution in [3.05, 3.63) is 35.4 Å². The second kappa shape index (κ2) is 4.64. The van der Waals surface area contributed by atoms with Crippen molar-refractivity contribution in [1.82, 2.24) is 4.90 Å². The maximum Gasteiger partial charge on any atom is 0.310 e. The standard InChI is InChI=1S/C16H21NO2/c1-12-4-2-5-13(10-12)14-6-3-9-17(14)11-16(7-8-16)15(18)19/h2,4-5,10,14H,3,6-9,11H2,1H3,(H,18,19). The summed E-state index contributed by atoms with van der Waals surface area (Å²) in [7, 11) is 0. The van der Waals surface area contributed by atoms with Crippen LogP contribution in [0.25, 0.3) is 0 Å².